The molecule has 0 heterocycles. The van der Waals surface area contributed by atoms with Gasteiger partial charge in [0.05, 0.1) is 5.75 Å². The minimum absolute atomic E-state index is 0.0747. The molecule has 0 aromatic heterocycles. The summed E-state index contributed by atoms with van der Waals surface area (Å²) in [4.78, 5) is 39.2. The maximum absolute atomic E-state index is 13.2. The van der Waals surface area contributed by atoms with Crippen LogP contribution >= 0.6 is 27.7 Å². The van der Waals surface area contributed by atoms with Crippen molar-refractivity contribution in [3.05, 3.63) is 136 Å². The molecule has 0 aliphatic carbocycles. The molecular weight excluding hydrogens is 567 g/mol. The Labute approximate surface area is 232 Å². The van der Waals surface area contributed by atoms with Crippen molar-refractivity contribution in [1.82, 2.24) is 5.32 Å². The predicted molar refractivity (Wildman–Crippen MR) is 153 cm³/mol. The van der Waals surface area contributed by atoms with Gasteiger partial charge in [-0.05, 0) is 78.4 Å². The SMILES string of the molecule is O=C(Nc1cccc(SCC(=O)c2ccc(F)cc2)c1)/C(=C/c1ccc(Br)cc1)NC(=O)c1ccccc1. The van der Waals surface area contributed by atoms with Crippen molar-refractivity contribution in [3.63, 3.8) is 0 Å². The van der Waals surface area contributed by atoms with Gasteiger partial charge in [0.25, 0.3) is 11.8 Å². The van der Waals surface area contributed by atoms with Gasteiger partial charge in [-0.2, -0.15) is 0 Å². The maximum Gasteiger partial charge on any atom is 0.272 e. The third-order valence-corrected chi connectivity index (χ3v) is 6.86. The number of anilines is 1. The van der Waals surface area contributed by atoms with Crippen LogP contribution in [-0.2, 0) is 4.79 Å². The smallest absolute Gasteiger partial charge is 0.272 e. The van der Waals surface area contributed by atoms with Gasteiger partial charge in [-0.3, -0.25) is 14.4 Å². The van der Waals surface area contributed by atoms with Crippen molar-refractivity contribution < 1.29 is 18.8 Å². The van der Waals surface area contributed by atoms with Gasteiger partial charge in [0, 0.05) is 26.2 Å². The molecule has 8 heteroatoms. The number of hydrogen-bond acceptors (Lipinski definition) is 4. The van der Waals surface area contributed by atoms with Gasteiger partial charge < -0.3 is 10.6 Å². The van der Waals surface area contributed by atoms with E-state index in [1.807, 2.05) is 30.3 Å². The van der Waals surface area contributed by atoms with E-state index < -0.39 is 17.6 Å². The fraction of sp³-hybridized carbons (Fsp3) is 0.0333. The molecule has 0 atom stereocenters. The second kappa shape index (κ2) is 13.0. The molecule has 4 rings (SSSR count). The van der Waals surface area contributed by atoms with E-state index in [4.69, 9.17) is 0 Å². The van der Waals surface area contributed by atoms with E-state index in [0.717, 1.165) is 14.9 Å². The quantitative estimate of drug-likeness (QED) is 0.126. The summed E-state index contributed by atoms with van der Waals surface area (Å²) in [7, 11) is 0. The van der Waals surface area contributed by atoms with E-state index in [-0.39, 0.29) is 17.2 Å². The number of benzene rings is 4. The highest BCUT2D eigenvalue weighted by atomic mass is 79.9. The van der Waals surface area contributed by atoms with Gasteiger partial charge in [0.2, 0.25) is 0 Å². The molecule has 190 valence electrons. The third-order valence-electron chi connectivity index (χ3n) is 5.34. The lowest BCUT2D eigenvalue weighted by atomic mass is 10.1. The van der Waals surface area contributed by atoms with Gasteiger partial charge in [-0.15, -0.1) is 11.8 Å². The van der Waals surface area contributed by atoms with Crippen molar-refractivity contribution in [2.75, 3.05) is 11.1 Å². The summed E-state index contributed by atoms with van der Waals surface area (Å²) in [5.74, 6) is -1.28. The highest BCUT2D eigenvalue weighted by Crippen LogP contribution is 2.23. The lowest BCUT2D eigenvalue weighted by Gasteiger charge is -2.12. The van der Waals surface area contributed by atoms with Crippen LogP contribution in [0.25, 0.3) is 6.08 Å². The Balaban J connectivity index is 1.48. The van der Waals surface area contributed by atoms with Crippen LogP contribution in [0.15, 0.2) is 118 Å². The van der Waals surface area contributed by atoms with E-state index in [1.165, 1.54) is 36.0 Å². The van der Waals surface area contributed by atoms with Gasteiger partial charge in [0.15, 0.2) is 5.78 Å². The van der Waals surface area contributed by atoms with Crippen molar-refractivity contribution in [2.45, 2.75) is 4.90 Å². The second-order valence-corrected chi connectivity index (χ2v) is 10.1. The molecule has 0 saturated heterocycles. The van der Waals surface area contributed by atoms with Crippen molar-refractivity contribution in [1.29, 1.82) is 0 Å². The number of ketones is 1. The first-order valence-corrected chi connectivity index (χ1v) is 13.3. The summed E-state index contributed by atoms with van der Waals surface area (Å²) in [6.07, 6.45) is 1.60. The number of thioether (sulfide) groups is 1. The Bertz CT molecular complexity index is 1470. The van der Waals surface area contributed by atoms with Gasteiger partial charge in [-0.1, -0.05) is 52.3 Å². The molecular formula is C30H22BrFN2O3S. The summed E-state index contributed by atoms with van der Waals surface area (Å²) in [5, 5.41) is 5.54. The van der Waals surface area contributed by atoms with E-state index in [1.54, 1.807) is 54.6 Å². The number of nitrogens with one attached hydrogen (secondary N) is 2. The second-order valence-electron chi connectivity index (χ2n) is 8.13. The highest BCUT2D eigenvalue weighted by Gasteiger charge is 2.15. The van der Waals surface area contributed by atoms with Crippen LogP contribution in [0.5, 0.6) is 0 Å². The fourth-order valence-electron chi connectivity index (χ4n) is 3.40. The zero-order valence-electron chi connectivity index (χ0n) is 20.0. The zero-order valence-corrected chi connectivity index (χ0v) is 22.4. The molecule has 0 spiro atoms. The number of hydrogen-bond donors (Lipinski definition) is 2. The molecule has 5 nitrogen and oxygen atoms in total. The predicted octanol–water partition coefficient (Wildman–Crippen LogP) is 6.97. The summed E-state index contributed by atoms with van der Waals surface area (Å²) in [6, 6.07) is 28.4. The Morgan fingerprint density at radius 2 is 1.53 bits per heavy atom. The number of carbonyl (C=O) groups excluding carboxylic acids is 3. The molecule has 0 radical (unpaired) electrons. The van der Waals surface area contributed by atoms with Crippen LogP contribution < -0.4 is 10.6 Å². The number of Topliss-reactive ketones (excluding diaryl/α,β-unsaturated/α-hetero) is 1. The lowest BCUT2D eigenvalue weighted by Crippen LogP contribution is -2.30. The molecule has 4 aromatic carbocycles. The molecule has 0 saturated carbocycles. The van der Waals surface area contributed by atoms with Crippen LogP contribution in [0.2, 0.25) is 0 Å². The molecule has 0 aliphatic heterocycles. The maximum atomic E-state index is 13.2. The molecule has 0 unspecified atom stereocenters. The third kappa shape index (κ3) is 7.74. The Morgan fingerprint density at radius 3 is 2.24 bits per heavy atom. The molecule has 0 bridgehead atoms. The summed E-state index contributed by atoms with van der Waals surface area (Å²) in [5.41, 5.74) is 2.16. The summed E-state index contributed by atoms with van der Waals surface area (Å²) in [6.45, 7) is 0. The van der Waals surface area contributed by atoms with E-state index in [0.29, 0.717) is 16.8 Å². The topological polar surface area (TPSA) is 75.3 Å². The first kappa shape index (κ1) is 27.0. The van der Waals surface area contributed by atoms with E-state index >= 15 is 0 Å². The first-order valence-electron chi connectivity index (χ1n) is 11.5. The lowest BCUT2D eigenvalue weighted by molar-refractivity contribution is -0.113. The normalized spacial score (nSPS) is 11.1. The van der Waals surface area contributed by atoms with Crippen LogP contribution in [0.3, 0.4) is 0 Å². The number of amides is 2. The first-order chi connectivity index (χ1) is 18.4. The van der Waals surface area contributed by atoms with Crippen molar-refractivity contribution in [3.8, 4) is 0 Å². The minimum Gasteiger partial charge on any atom is -0.321 e. The minimum atomic E-state index is -0.498. The van der Waals surface area contributed by atoms with Crippen molar-refractivity contribution in [2.24, 2.45) is 0 Å². The fourth-order valence-corrected chi connectivity index (χ4v) is 4.51. The van der Waals surface area contributed by atoms with E-state index in [2.05, 4.69) is 26.6 Å². The monoisotopic (exact) mass is 588 g/mol. The van der Waals surface area contributed by atoms with Crippen LogP contribution in [0, 0.1) is 5.82 Å². The molecule has 2 N–H and O–H groups in total. The standard InChI is InChI=1S/C30H22BrFN2O3S/c31-23-13-9-20(10-14-23)17-27(34-29(36)22-5-2-1-3-6-22)30(37)33-25-7-4-8-26(18-25)38-19-28(35)21-11-15-24(32)16-12-21/h1-18H,19H2,(H,33,37)(H,34,36)/b27-17-. The molecule has 0 fully saturated rings. The number of rotatable bonds is 9. The van der Waals surface area contributed by atoms with Gasteiger partial charge in [0.1, 0.15) is 11.5 Å². The largest absolute Gasteiger partial charge is 0.321 e. The Hall–Kier alpha value is -4.01. The van der Waals surface area contributed by atoms with Crippen molar-refractivity contribution >= 4 is 57.1 Å². The number of halogens is 2. The molecule has 2 amide bonds. The van der Waals surface area contributed by atoms with Gasteiger partial charge >= 0.3 is 0 Å². The van der Waals surface area contributed by atoms with Gasteiger partial charge in [-0.25, -0.2) is 4.39 Å². The average Bonchev–Trinajstić information content (AvgIpc) is 2.93. The van der Waals surface area contributed by atoms with E-state index in [9.17, 15) is 18.8 Å². The zero-order chi connectivity index (χ0) is 26.9. The number of carbonyl (C=O) groups is 3. The van der Waals surface area contributed by atoms with Crippen LogP contribution in [-0.4, -0.2) is 23.4 Å². The summed E-state index contributed by atoms with van der Waals surface area (Å²) < 4.78 is 14.0. The Morgan fingerprint density at radius 1 is 0.816 bits per heavy atom. The highest BCUT2D eigenvalue weighted by molar-refractivity contribution is 9.10. The molecule has 38 heavy (non-hydrogen) atoms. The molecule has 0 aliphatic rings. The van der Waals surface area contributed by atoms with Crippen LogP contribution in [0.4, 0.5) is 10.1 Å². The van der Waals surface area contributed by atoms with Crippen LogP contribution in [0.1, 0.15) is 26.3 Å². The molecule has 4 aromatic rings. The Kier molecular flexibility index (Phi) is 9.24. The average molecular weight is 589 g/mol. The summed E-state index contributed by atoms with van der Waals surface area (Å²) >= 11 is 4.70.